The van der Waals surface area contributed by atoms with Gasteiger partial charge in [-0.2, -0.15) is 0 Å². The fourth-order valence-electron chi connectivity index (χ4n) is 2.90. The lowest BCUT2D eigenvalue weighted by Crippen LogP contribution is -2.30. The fourth-order valence-corrected chi connectivity index (χ4v) is 3.76. The highest BCUT2D eigenvalue weighted by atomic mass is 32.1. The highest BCUT2D eigenvalue weighted by molar-refractivity contribution is 7.14. The van der Waals surface area contributed by atoms with E-state index in [2.05, 4.69) is 10.3 Å². The number of benzene rings is 1. The third-order valence-electron chi connectivity index (χ3n) is 4.50. The molecule has 0 unspecified atom stereocenters. The summed E-state index contributed by atoms with van der Waals surface area (Å²) in [6.07, 6.45) is 0.387. The molecule has 3 rings (SSSR count). The van der Waals surface area contributed by atoms with Gasteiger partial charge in [0, 0.05) is 24.0 Å². The van der Waals surface area contributed by atoms with E-state index in [-0.39, 0.29) is 18.2 Å². The largest absolute Gasteiger partial charge is 0.452 e. The summed E-state index contributed by atoms with van der Waals surface area (Å²) in [6, 6.07) is 5.76. The minimum atomic E-state index is -0.925. The maximum atomic E-state index is 12.3. The van der Waals surface area contributed by atoms with Crippen LogP contribution in [-0.4, -0.2) is 35.4 Å². The van der Waals surface area contributed by atoms with Gasteiger partial charge >= 0.3 is 5.97 Å². The minimum Gasteiger partial charge on any atom is -0.452 e. The summed E-state index contributed by atoms with van der Waals surface area (Å²) in [5.74, 6) is -0.864. The summed E-state index contributed by atoms with van der Waals surface area (Å²) in [7, 11) is 0. The number of ether oxygens (including phenoxy) is 1. The topological polar surface area (TPSA) is 88.6 Å². The summed E-state index contributed by atoms with van der Waals surface area (Å²) in [4.78, 5) is 42.3. The molecule has 2 amide bonds. The molecule has 1 fully saturated rings. The maximum absolute atomic E-state index is 12.3. The number of aromatic nitrogens is 1. The SMILES string of the molecule is Cc1ccc(C)c(NC(=O)[C@H](C)OC(=O)Cc2csc(N3CCCC3=O)n2)c1. The Morgan fingerprint density at radius 2 is 2.14 bits per heavy atom. The number of nitrogens with one attached hydrogen (secondary N) is 1. The maximum Gasteiger partial charge on any atom is 0.312 e. The van der Waals surface area contributed by atoms with Gasteiger partial charge in [-0.1, -0.05) is 12.1 Å². The van der Waals surface area contributed by atoms with Crippen LogP contribution in [0.2, 0.25) is 0 Å². The Balaban J connectivity index is 1.54. The van der Waals surface area contributed by atoms with Crippen LogP contribution in [-0.2, 0) is 25.5 Å². The van der Waals surface area contributed by atoms with Crippen molar-refractivity contribution in [2.24, 2.45) is 0 Å². The van der Waals surface area contributed by atoms with Gasteiger partial charge in [-0.3, -0.25) is 19.3 Å². The lowest BCUT2D eigenvalue weighted by Gasteiger charge is -2.15. The number of nitrogens with zero attached hydrogens (tertiary/aromatic N) is 2. The van der Waals surface area contributed by atoms with Crippen molar-refractivity contribution in [3.8, 4) is 0 Å². The lowest BCUT2D eigenvalue weighted by atomic mass is 10.1. The van der Waals surface area contributed by atoms with E-state index in [1.807, 2.05) is 32.0 Å². The molecule has 1 aliphatic rings. The lowest BCUT2D eigenvalue weighted by molar-refractivity contribution is -0.152. The Morgan fingerprint density at radius 1 is 1.36 bits per heavy atom. The van der Waals surface area contributed by atoms with Crippen molar-refractivity contribution in [1.82, 2.24) is 4.98 Å². The molecular weight excluding hydrogens is 378 g/mol. The Labute approximate surface area is 167 Å². The van der Waals surface area contributed by atoms with Gasteiger partial charge in [0.05, 0.1) is 12.1 Å². The monoisotopic (exact) mass is 401 g/mol. The number of thiazole rings is 1. The number of anilines is 2. The second-order valence-corrected chi connectivity index (χ2v) is 7.72. The van der Waals surface area contributed by atoms with Crippen LogP contribution in [0.4, 0.5) is 10.8 Å². The number of carbonyl (C=O) groups excluding carboxylic acids is 3. The van der Waals surface area contributed by atoms with Crippen molar-refractivity contribution >= 4 is 39.9 Å². The number of aryl methyl sites for hydroxylation is 2. The van der Waals surface area contributed by atoms with Crippen LogP contribution in [0.1, 0.15) is 36.6 Å². The van der Waals surface area contributed by atoms with Crippen LogP contribution >= 0.6 is 11.3 Å². The highest BCUT2D eigenvalue weighted by Crippen LogP contribution is 2.25. The predicted molar refractivity (Wildman–Crippen MR) is 108 cm³/mol. The predicted octanol–water partition coefficient (Wildman–Crippen LogP) is 3.00. The van der Waals surface area contributed by atoms with E-state index < -0.39 is 12.1 Å². The first-order valence-electron chi connectivity index (χ1n) is 9.16. The highest BCUT2D eigenvalue weighted by Gasteiger charge is 2.25. The molecule has 1 atom stereocenters. The molecule has 0 spiro atoms. The van der Waals surface area contributed by atoms with Crippen molar-refractivity contribution in [2.45, 2.75) is 46.1 Å². The number of amides is 2. The summed E-state index contributed by atoms with van der Waals surface area (Å²) >= 11 is 1.33. The number of rotatable bonds is 6. The van der Waals surface area contributed by atoms with E-state index in [4.69, 9.17) is 4.74 Å². The van der Waals surface area contributed by atoms with E-state index in [1.165, 1.54) is 18.3 Å². The number of hydrogen-bond donors (Lipinski definition) is 1. The molecule has 0 radical (unpaired) electrons. The third-order valence-corrected chi connectivity index (χ3v) is 5.41. The molecule has 0 saturated carbocycles. The molecule has 2 heterocycles. The first-order chi connectivity index (χ1) is 13.3. The molecule has 0 bridgehead atoms. The van der Waals surface area contributed by atoms with Crippen molar-refractivity contribution in [2.75, 3.05) is 16.8 Å². The van der Waals surface area contributed by atoms with Gasteiger partial charge in [0.15, 0.2) is 11.2 Å². The first kappa shape index (κ1) is 20.0. The van der Waals surface area contributed by atoms with Gasteiger partial charge in [0.2, 0.25) is 5.91 Å². The average Bonchev–Trinajstić information content (AvgIpc) is 3.26. The zero-order chi connectivity index (χ0) is 20.3. The second kappa shape index (κ2) is 8.52. The minimum absolute atomic E-state index is 0.0420. The molecule has 0 aliphatic carbocycles. The van der Waals surface area contributed by atoms with Crippen LogP contribution in [0.15, 0.2) is 23.6 Å². The zero-order valence-corrected chi connectivity index (χ0v) is 17.0. The van der Waals surface area contributed by atoms with Crippen LogP contribution in [0, 0.1) is 13.8 Å². The number of esters is 1. The Hall–Kier alpha value is -2.74. The second-order valence-electron chi connectivity index (χ2n) is 6.89. The van der Waals surface area contributed by atoms with Gasteiger partial charge in [-0.05, 0) is 44.4 Å². The Bertz CT molecular complexity index is 909. The molecule has 1 aliphatic heterocycles. The van der Waals surface area contributed by atoms with E-state index in [0.717, 1.165) is 17.5 Å². The quantitative estimate of drug-likeness (QED) is 0.752. The van der Waals surface area contributed by atoms with Crippen molar-refractivity contribution in [1.29, 1.82) is 0 Å². The fraction of sp³-hybridized carbons (Fsp3) is 0.400. The van der Waals surface area contributed by atoms with E-state index in [0.29, 0.717) is 29.5 Å². The molecule has 28 heavy (non-hydrogen) atoms. The van der Waals surface area contributed by atoms with Crippen LogP contribution in [0.3, 0.4) is 0 Å². The average molecular weight is 401 g/mol. The van der Waals surface area contributed by atoms with Crippen LogP contribution < -0.4 is 10.2 Å². The van der Waals surface area contributed by atoms with Crippen molar-refractivity contribution in [3.63, 3.8) is 0 Å². The molecule has 1 aromatic heterocycles. The van der Waals surface area contributed by atoms with E-state index in [9.17, 15) is 14.4 Å². The van der Waals surface area contributed by atoms with Gasteiger partial charge in [-0.25, -0.2) is 4.98 Å². The Morgan fingerprint density at radius 3 is 2.86 bits per heavy atom. The zero-order valence-electron chi connectivity index (χ0n) is 16.2. The summed E-state index contributed by atoms with van der Waals surface area (Å²) in [5, 5.41) is 5.13. The van der Waals surface area contributed by atoms with Gasteiger partial charge in [0.25, 0.3) is 5.91 Å². The normalized spacial score (nSPS) is 14.8. The summed E-state index contributed by atoms with van der Waals surface area (Å²) < 4.78 is 5.25. The van der Waals surface area contributed by atoms with Crippen LogP contribution in [0.5, 0.6) is 0 Å². The molecule has 1 aromatic carbocycles. The number of carbonyl (C=O) groups is 3. The first-order valence-corrected chi connectivity index (χ1v) is 10.0. The standard InChI is InChI=1S/C20H23N3O4S/c1-12-6-7-13(2)16(9-12)22-19(26)14(3)27-18(25)10-15-11-28-20(21-15)23-8-4-5-17(23)24/h6-7,9,11,14H,4-5,8,10H2,1-3H3,(H,22,26)/t14-/m0/s1. The van der Waals surface area contributed by atoms with Gasteiger partial charge in [0.1, 0.15) is 0 Å². The molecule has 2 aromatic rings. The molecule has 1 N–H and O–H groups in total. The smallest absolute Gasteiger partial charge is 0.312 e. The van der Waals surface area contributed by atoms with Crippen LogP contribution in [0.25, 0.3) is 0 Å². The van der Waals surface area contributed by atoms with Crippen molar-refractivity contribution < 1.29 is 19.1 Å². The molecular formula is C20H23N3O4S. The van der Waals surface area contributed by atoms with Crippen molar-refractivity contribution in [3.05, 3.63) is 40.4 Å². The van der Waals surface area contributed by atoms with Gasteiger partial charge < -0.3 is 10.1 Å². The summed E-state index contributed by atoms with van der Waals surface area (Å²) in [6.45, 7) is 6.03. The van der Waals surface area contributed by atoms with E-state index >= 15 is 0 Å². The number of hydrogen-bond acceptors (Lipinski definition) is 6. The Kier molecular flexibility index (Phi) is 6.08. The van der Waals surface area contributed by atoms with Gasteiger partial charge in [-0.15, -0.1) is 11.3 Å². The summed E-state index contributed by atoms with van der Waals surface area (Å²) in [5.41, 5.74) is 3.20. The third kappa shape index (κ3) is 4.75. The molecule has 8 heteroatoms. The van der Waals surface area contributed by atoms with E-state index in [1.54, 1.807) is 10.3 Å². The molecule has 148 valence electrons. The molecule has 7 nitrogen and oxygen atoms in total. The molecule has 1 saturated heterocycles.